The van der Waals surface area contributed by atoms with E-state index in [1.165, 1.54) is 37.6 Å². The molecule has 0 unspecified atom stereocenters. The minimum Gasteiger partial charge on any atom is -1.00 e. The van der Waals surface area contributed by atoms with E-state index in [2.05, 4.69) is 107 Å². The van der Waals surface area contributed by atoms with Gasteiger partial charge in [0.1, 0.15) is 4.70 Å². The van der Waals surface area contributed by atoms with Crippen LogP contribution < -0.4 is 62.4 Å². The minimum atomic E-state index is 0. The molecule has 0 amide bonds. The van der Waals surface area contributed by atoms with Crippen molar-refractivity contribution in [3.63, 3.8) is 0 Å². The topological polar surface area (TPSA) is 19.8 Å². The quantitative estimate of drug-likeness (QED) is 0.224. The number of nitrogens with zero attached hydrogens (tertiary/aromatic N) is 2. The number of aromatic nitrogens is 2. The van der Waals surface area contributed by atoms with E-state index in [0.29, 0.717) is 0 Å². The standard InChI is InChI=1S/C26H24N3S.2HI/c1-20(21-14-15-27-23-11-4-3-10-22(21)23)26-29(24-12-5-6-13-25(24)30-26)19-9-18-28-16-7-2-8-17-28;;/h2-8,10-17H,9,18-19H2,1H3;2*1H/q+1;;/p-1. The summed E-state index contributed by atoms with van der Waals surface area (Å²) < 4.78 is 6.10. The average molecular weight is 665 g/mol. The summed E-state index contributed by atoms with van der Waals surface area (Å²) in [5.41, 5.74) is 6.38. The fourth-order valence-electron chi connectivity index (χ4n) is 4.12. The third-order valence-electron chi connectivity index (χ3n) is 5.61. The first-order valence-corrected chi connectivity index (χ1v) is 11.2. The van der Waals surface area contributed by atoms with E-state index in [9.17, 15) is 0 Å². The van der Waals surface area contributed by atoms with Crippen LogP contribution in [0.2, 0.25) is 0 Å². The van der Waals surface area contributed by atoms with E-state index < -0.39 is 0 Å². The number of hydrogen-bond acceptors (Lipinski definition) is 2. The van der Waals surface area contributed by atoms with Gasteiger partial charge >= 0.3 is 0 Å². The number of nitrogens with one attached hydrogen (secondary N) is 1. The van der Waals surface area contributed by atoms with Crippen LogP contribution in [-0.4, -0.2) is 0 Å². The van der Waals surface area contributed by atoms with Gasteiger partial charge in [-0.3, -0.25) is 0 Å². The predicted molar refractivity (Wildman–Crippen MR) is 125 cm³/mol. The number of benzene rings is 2. The highest BCUT2D eigenvalue weighted by molar-refractivity contribution is 7.19. The lowest BCUT2D eigenvalue weighted by Gasteiger charge is -2.16. The number of anilines is 1. The molecule has 1 aliphatic heterocycles. The molecule has 0 atom stereocenters. The van der Waals surface area contributed by atoms with Gasteiger partial charge in [0.05, 0.1) is 6.42 Å². The van der Waals surface area contributed by atoms with Gasteiger partial charge in [-0.2, -0.15) is 4.57 Å². The van der Waals surface area contributed by atoms with Crippen molar-refractivity contribution in [1.82, 2.24) is 0 Å². The molecule has 3 heterocycles. The fourth-order valence-corrected chi connectivity index (χ4v) is 5.32. The second-order valence-electron chi connectivity index (χ2n) is 7.56. The maximum atomic E-state index is 3.37. The largest absolute Gasteiger partial charge is 1.00 e. The third kappa shape index (κ3) is 5.07. The van der Waals surface area contributed by atoms with E-state index in [0.717, 1.165) is 19.5 Å². The molecule has 1 aliphatic rings. The number of rotatable bonds is 5. The second-order valence-corrected chi connectivity index (χ2v) is 8.59. The van der Waals surface area contributed by atoms with Crippen LogP contribution in [0.3, 0.4) is 0 Å². The van der Waals surface area contributed by atoms with Gasteiger partial charge in [-0.15, -0.1) is 0 Å². The highest BCUT2D eigenvalue weighted by Crippen LogP contribution is 2.36. The lowest BCUT2D eigenvalue weighted by molar-refractivity contribution is -0.716. The van der Waals surface area contributed by atoms with Crippen molar-refractivity contribution in [2.45, 2.75) is 26.4 Å². The number of para-hydroxylation sites is 2. The molecule has 0 spiro atoms. The Morgan fingerprint density at radius 1 is 0.875 bits per heavy atom. The summed E-state index contributed by atoms with van der Waals surface area (Å²) in [6.07, 6.45) is 9.61. The number of fused-ring (bicyclic) bond motifs is 2. The zero-order valence-electron chi connectivity index (χ0n) is 17.8. The zero-order valence-corrected chi connectivity index (χ0v) is 23.0. The molecule has 164 valence electrons. The molecule has 0 fully saturated rings. The summed E-state index contributed by atoms with van der Waals surface area (Å²) >= 11 is 1.89. The molecule has 1 N–H and O–H groups in total. The summed E-state index contributed by atoms with van der Waals surface area (Å²) in [5.74, 6) is 0. The Labute approximate surface area is 227 Å². The van der Waals surface area contributed by atoms with Crippen LogP contribution in [0.25, 0.3) is 21.4 Å². The van der Waals surface area contributed by atoms with Crippen LogP contribution >= 0.6 is 11.3 Å². The Morgan fingerprint density at radius 2 is 1.62 bits per heavy atom. The first-order valence-electron chi connectivity index (χ1n) is 10.4. The molecule has 2 aromatic heterocycles. The molecule has 3 nitrogen and oxygen atoms in total. The second kappa shape index (κ2) is 11.4. The van der Waals surface area contributed by atoms with Crippen molar-refractivity contribution in [2.24, 2.45) is 0 Å². The van der Waals surface area contributed by atoms with Crippen LogP contribution in [0.1, 0.15) is 23.9 Å². The molecular formula is C26H25I2N3S. The summed E-state index contributed by atoms with van der Waals surface area (Å²) in [7, 11) is 0. The Balaban J connectivity index is 0.00000144. The molecule has 0 radical (unpaired) electrons. The molecule has 6 heteroatoms. The first-order chi connectivity index (χ1) is 14.8. The predicted octanol–water partition coefficient (Wildman–Crippen LogP) is -0.555. The number of pyridine rings is 1. The van der Waals surface area contributed by atoms with Crippen molar-refractivity contribution in [2.75, 3.05) is 5.32 Å². The van der Waals surface area contributed by atoms with E-state index in [1.807, 2.05) is 17.5 Å². The average Bonchev–Trinajstić information content (AvgIpc) is 3.17. The first kappa shape index (κ1) is 24.9. The van der Waals surface area contributed by atoms with Crippen LogP contribution in [0.15, 0.2) is 91.4 Å². The normalized spacial score (nSPS) is 13.5. The van der Waals surface area contributed by atoms with Crippen LogP contribution in [0.5, 0.6) is 0 Å². The Hall–Kier alpha value is -1.78. The van der Waals surface area contributed by atoms with Crippen molar-refractivity contribution in [3.8, 4) is 0 Å². The van der Waals surface area contributed by atoms with Gasteiger partial charge in [0.25, 0.3) is 5.01 Å². The van der Waals surface area contributed by atoms with E-state index in [-0.39, 0.29) is 48.0 Å². The number of allylic oxidation sites excluding steroid dienone is 3. The van der Waals surface area contributed by atoms with Crippen molar-refractivity contribution < 1.29 is 57.1 Å². The third-order valence-corrected chi connectivity index (χ3v) is 6.90. The van der Waals surface area contributed by atoms with Crippen molar-refractivity contribution in [1.29, 1.82) is 0 Å². The van der Waals surface area contributed by atoms with E-state index >= 15 is 0 Å². The SMILES string of the molecule is CC(=C1C=CNc2ccccc21)c1sc2ccccc2[n+]1CCC[n+]1ccccc1.[I-].[I-]. The smallest absolute Gasteiger partial charge is 0.266 e. The molecule has 4 aromatic rings. The van der Waals surface area contributed by atoms with Gasteiger partial charge in [0, 0.05) is 41.2 Å². The molecule has 0 aliphatic carbocycles. The van der Waals surface area contributed by atoms with Gasteiger partial charge in [-0.25, -0.2) is 4.57 Å². The van der Waals surface area contributed by atoms with Gasteiger partial charge in [-0.1, -0.05) is 47.7 Å². The summed E-state index contributed by atoms with van der Waals surface area (Å²) in [4.78, 5) is 0. The lowest BCUT2D eigenvalue weighted by Crippen LogP contribution is -3.00. The monoisotopic (exact) mass is 665 g/mol. The number of thiazole rings is 1. The summed E-state index contributed by atoms with van der Waals surface area (Å²) in [6.45, 7) is 4.27. The molecule has 5 rings (SSSR count). The Morgan fingerprint density at radius 3 is 2.47 bits per heavy atom. The van der Waals surface area contributed by atoms with Crippen LogP contribution in [-0.2, 0) is 13.1 Å². The van der Waals surface area contributed by atoms with Crippen molar-refractivity contribution >= 4 is 38.4 Å². The number of hydrogen-bond donors (Lipinski definition) is 1. The van der Waals surface area contributed by atoms with Crippen molar-refractivity contribution in [3.05, 3.63) is 102 Å². The minimum absolute atomic E-state index is 0. The van der Waals surface area contributed by atoms with Crippen LogP contribution in [0, 0.1) is 0 Å². The molecular weight excluding hydrogens is 640 g/mol. The number of aryl methyl sites for hydroxylation is 2. The Kier molecular flexibility index (Phi) is 8.84. The van der Waals surface area contributed by atoms with E-state index in [1.54, 1.807) is 0 Å². The van der Waals surface area contributed by atoms with E-state index in [4.69, 9.17) is 0 Å². The van der Waals surface area contributed by atoms with Gasteiger partial charge < -0.3 is 53.3 Å². The fraction of sp³-hybridized carbons (Fsp3) is 0.154. The summed E-state index contributed by atoms with van der Waals surface area (Å²) in [6, 6.07) is 23.5. The summed E-state index contributed by atoms with van der Waals surface area (Å²) in [5, 5.41) is 4.71. The molecule has 0 saturated carbocycles. The maximum Gasteiger partial charge on any atom is 0.266 e. The lowest BCUT2D eigenvalue weighted by atomic mass is 9.97. The molecule has 32 heavy (non-hydrogen) atoms. The molecule has 2 aromatic carbocycles. The van der Waals surface area contributed by atoms with Crippen LogP contribution in [0.4, 0.5) is 5.69 Å². The van der Waals surface area contributed by atoms with Gasteiger partial charge in [-0.05, 0) is 30.7 Å². The highest BCUT2D eigenvalue weighted by atomic mass is 127. The van der Waals surface area contributed by atoms with Gasteiger partial charge in [0.15, 0.2) is 25.5 Å². The number of halogens is 2. The zero-order chi connectivity index (χ0) is 20.3. The highest BCUT2D eigenvalue weighted by Gasteiger charge is 2.25. The maximum absolute atomic E-state index is 3.37. The molecule has 0 bridgehead atoms. The molecule has 0 saturated heterocycles. The van der Waals surface area contributed by atoms with Gasteiger partial charge in [0.2, 0.25) is 5.52 Å². The Bertz CT molecular complexity index is 1260.